The number of rotatable bonds is 6. The fourth-order valence-electron chi connectivity index (χ4n) is 2.54. The molecule has 1 heterocycles. The third-order valence-corrected chi connectivity index (χ3v) is 5.09. The molecule has 0 saturated heterocycles. The lowest BCUT2D eigenvalue weighted by Crippen LogP contribution is -2.40. The number of hydrogen-bond acceptors (Lipinski definition) is 3. The Balaban J connectivity index is 1.90. The molecular formula is C15H23NO2S. The molecule has 0 aliphatic heterocycles. The molecule has 1 amide bonds. The first kappa shape index (κ1) is 14.5. The minimum absolute atomic E-state index is 0.0863. The van der Waals surface area contributed by atoms with E-state index in [1.807, 2.05) is 0 Å². The van der Waals surface area contributed by atoms with E-state index in [4.69, 9.17) is 5.11 Å². The van der Waals surface area contributed by atoms with E-state index in [1.54, 1.807) is 11.3 Å². The van der Waals surface area contributed by atoms with Gasteiger partial charge in [-0.3, -0.25) is 4.79 Å². The molecule has 0 spiro atoms. The summed E-state index contributed by atoms with van der Waals surface area (Å²) in [6, 6.07) is 2.21. The Morgan fingerprint density at radius 1 is 1.58 bits per heavy atom. The molecule has 0 aromatic carbocycles. The Morgan fingerprint density at radius 2 is 2.32 bits per heavy atom. The Bertz CT molecular complexity index is 441. The average Bonchev–Trinajstić information content (AvgIpc) is 3.04. The zero-order valence-corrected chi connectivity index (χ0v) is 12.7. The predicted octanol–water partition coefficient (Wildman–Crippen LogP) is 2.68. The van der Waals surface area contributed by atoms with Crippen LogP contribution in [0.4, 0.5) is 0 Å². The minimum atomic E-state index is 0.0863. The second kappa shape index (κ2) is 6.06. The van der Waals surface area contributed by atoms with Crippen LogP contribution >= 0.6 is 11.3 Å². The highest BCUT2D eigenvalue weighted by Gasteiger charge is 2.45. The molecule has 1 aliphatic carbocycles. The molecule has 106 valence electrons. The van der Waals surface area contributed by atoms with Gasteiger partial charge in [0, 0.05) is 29.4 Å². The largest absolute Gasteiger partial charge is 0.396 e. The van der Waals surface area contributed by atoms with Crippen LogP contribution in [0.5, 0.6) is 0 Å². The van der Waals surface area contributed by atoms with Crippen molar-refractivity contribution in [2.75, 3.05) is 6.61 Å². The molecule has 3 unspecified atom stereocenters. The summed E-state index contributed by atoms with van der Waals surface area (Å²) in [5, 5.41) is 14.2. The van der Waals surface area contributed by atoms with E-state index in [2.05, 4.69) is 37.5 Å². The van der Waals surface area contributed by atoms with Crippen molar-refractivity contribution in [1.29, 1.82) is 0 Å². The topological polar surface area (TPSA) is 49.3 Å². The number of amides is 1. The highest BCUT2D eigenvalue weighted by molar-refractivity contribution is 7.10. The Morgan fingerprint density at radius 3 is 2.84 bits per heavy atom. The van der Waals surface area contributed by atoms with Gasteiger partial charge in [-0.2, -0.15) is 0 Å². The van der Waals surface area contributed by atoms with E-state index in [9.17, 15) is 4.79 Å². The standard InChI is InChI=1S/C15H23NO2S/c1-9(2)13(4-6-17)16-15(18)12-8-11(12)14-10(3)5-7-19-14/h5,7,9,11-13,17H,4,6,8H2,1-3H3,(H,16,18). The predicted molar refractivity (Wildman–Crippen MR) is 78.4 cm³/mol. The Labute approximate surface area is 119 Å². The molecule has 2 rings (SSSR count). The molecule has 1 fully saturated rings. The van der Waals surface area contributed by atoms with Gasteiger partial charge >= 0.3 is 0 Å². The number of aliphatic hydroxyl groups is 1. The highest BCUT2D eigenvalue weighted by Crippen LogP contribution is 2.50. The summed E-state index contributed by atoms with van der Waals surface area (Å²) in [6.45, 7) is 6.39. The van der Waals surface area contributed by atoms with E-state index >= 15 is 0 Å². The van der Waals surface area contributed by atoms with Crippen LogP contribution in [0.1, 0.15) is 43.0 Å². The summed E-state index contributed by atoms with van der Waals surface area (Å²) in [4.78, 5) is 13.6. The molecule has 3 atom stereocenters. The maximum absolute atomic E-state index is 12.2. The van der Waals surface area contributed by atoms with E-state index in [1.165, 1.54) is 10.4 Å². The fraction of sp³-hybridized carbons (Fsp3) is 0.667. The molecule has 1 aromatic heterocycles. The summed E-state index contributed by atoms with van der Waals surface area (Å²) >= 11 is 1.76. The minimum Gasteiger partial charge on any atom is -0.396 e. The second-order valence-corrected chi connectivity index (χ2v) is 6.74. The van der Waals surface area contributed by atoms with Gasteiger partial charge in [-0.05, 0) is 42.7 Å². The van der Waals surface area contributed by atoms with Gasteiger partial charge < -0.3 is 10.4 Å². The van der Waals surface area contributed by atoms with Gasteiger partial charge in [0.2, 0.25) is 5.91 Å². The van der Waals surface area contributed by atoms with E-state index in [-0.39, 0.29) is 24.5 Å². The second-order valence-electron chi connectivity index (χ2n) is 5.79. The zero-order chi connectivity index (χ0) is 14.0. The molecule has 4 heteroatoms. The van der Waals surface area contributed by atoms with Gasteiger partial charge in [0.05, 0.1) is 0 Å². The van der Waals surface area contributed by atoms with Crippen molar-refractivity contribution in [2.24, 2.45) is 11.8 Å². The van der Waals surface area contributed by atoms with Gasteiger partial charge in [-0.15, -0.1) is 11.3 Å². The molecule has 1 aromatic rings. The molecule has 0 bridgehead atoms. The Kier molecular flexibility index (Phi) is 4.63. The summed E-state index contributed by atoms with van der Waals surface area (Å²) in [7, 11) is 0. The van der Waals surface area contributed by atoms with Crippen molar-refractivity contribution in [2.45, 2.75) is 45.6 Å². The van der Waals surface area contributed by atoms with Crippen molar-refractivity contribution in [3.63, 3.8) is 0 Å². The third kappa shape index (κ3) is 3.37. The number of thiophene rings is 1. The number of carbonyl (C=O) groups is 1. The monoisotopic (exact) mass is 281 g/mol. The number of aryl methyl sites for hydroxylation is 1. The van der Waals surface area contributed by atoms with E-state index < -0.39 is 0 Å². The summed E-state index contributed by atoms with van der Waals surface area (Å²) in [5.74, 6) is 1.07. The smallest absolute Gasteiger partial charge is 0.224 e. The van der Waals surface area contributed by atoms with Crippen LogP contribution in [0.25, 0.3) is 0 Å². The van der Waals surface area contributed by atoms with Crippen LogP contribution in [0, 0.1) is 18.8 Å². The number of aliphatic hydroxyl groups excluding tert-OH is 1. The number of carbonyl (C=O) groups excluding carboxylic acids is 1. The zero-order valence-electron chi connectivity index (χ0n) is 11.8. The molecule has 2 N–H and O–H groups in total. The van der Waals surface area contributed by atoms with Crippen molar-refractivity contribution < 1.29 is 9.90 Å². The van der Waals surface area contributed by atoms with Crippen LogP contribution < -0.4 is 5.32 Å². The molecule has 1 aliphatic rings. The summed E-state index contributed by atoms with van der Waals surface area (Å²) in [6.07, 6.45) is 1.61. The van der Waals surface area contributed by atoms with Crippen molar-refractivity contribution in [1.82, 2.24) is 5.32 Å². The van der Waals surface area contributed by atoms with Crippen molar-refractivity contribution in [3.8, 4) is 0 Å². The lowest BCUT2D eigenvalue weighted by molar-refractivity contribution is -0.123. The van der Waals surface area contributed by atoms with E-state index in [0.29, 0.717) is 18.3 Å². The van der Waals surface area contributed by atoms with Gasteiger partial charge in [-0.1, -0.05) is 13.8 Å². The number of hydrogen-bond donors (Lipinski definition) is 2. The normalized spacial score (nSPS) is 23.4. The van der Waals surface area contributed by atoms with Crippen LogP contribution in [0.3, 0.4) is 0 Å². The van der Waals surface area contributed by atoms with Crippen LogP contribution in [-0.2, 0) is 4.79 Å². The van der Waals surface area contributed by atoms with Gasteiger partial charge in [0.15, 0.2) is 0 Å². The van der Waals surface area contributed by atoms with Crippen molar-refractivity contribution in [3.05, 3.63) is 21.9 Å². The summed E-state index contributed by atoms with van der Waals surface area (Å²) in [5.41, 5.74) is 1.31. The first-order valence-electron chi connectivity index (χ1n) is 6.99. The lowest BCUT2D eigenvalue weighted by Gasteiger charge is -2.21. The molecular weight excluding hydrogens is 258 g/mol. The van der Waals surface area contributed by atoms with Crippen LogP contribution in [-0.4, -0.2) is 23.7 Å². The maximum atomic E-state index is 12.2. The van der Waals surface area contributed by atoms with Gasteiger partial charge in [-0.25, -0.2) is 0 Å². The van der Waals surface area contributed by atoms with Crippen molar-refractivity contribution >= 4 is 17.2 Å². The summed E-state index contributed by atoms with van der Waals surface area (Å²) < 4.78 is 0. The quantitative estimate of drug-likeness (QED) is 0.842. The van der Waals surface area contributed by atoms with Gasteiger partial charge in [0.25, 0.3) is 0 Å². The van der Waals surface area contributed by atoms with E-state index in [0.717, 1.165) is 6.42 Å². The Hall–Kier alpha value is -0.870. The lowest BCUT2D eigenvalue weighted by atomic mass is 10.0. The molecule has 0 radical (unpaired) electrons. The van der Waals surface area contributed by atoms with Crippen LogP contribution in [0.15, 0.2) is 11.4 Å². The van der Waals surface area contributed by atoms with Crippen LogP contribution in [0.2, 0.25) is 0 Å². The first-order chi connectivity index (χ1) is 9.04. The number of nitrogens with one attached hydrogen (secondary N) is 1. The molecule has 19 heavy (non-hydrogen) atoms. The first-order valence-corrected chi connectivity index (χ1v) is 7.87. The average molecular weight is 281 g/mol. The molecule has 3 nitrogen and oxygen atoms in total. The molecule has 1 saturated carbocycles. The fourth-order valence-corrected chi connectivity index (χ4v) is 3.65. The third-order valence-electron chi connectivity index (χ3n) is 3.94. The maximum Gasteiger partial charge on any atom is 0.224 e. The SMILES string of the molecule is Cc1ccsc1C1CC1C(=O)NC(CCO)C(C)C. The highest BCUT2D eigenvalue weighted by atomic mass is 32.1. The van der Waals surface area contributed by atoms with Gasteiger partial charge in [0.1, 0.15) is 0 Å².